The van der Waals surface area contributed by atoms with Gasteiger partial charge in [-0.3, -0.25) is 9.59 Å². The third-order valence-electron chi connectivity index (χ3n) is 4.20. The van der Waals surface area contributed by atoms with E-state index in [4.69, 9.17) is 0 Å². The summed E-state index contributed by atoms with van der Waals surface area (Å²) in [7, 11) is 0. The number of imidazole rings is 1. The van der Waals surface area contributed by atoms with Crippen molar-refractivity contribution in [3.8, 4) is 11.3 Å². The molecule has 2 amide bonds. The van der Waals surface area contributed by atoms with Crippen LogP contribution in [0.4, 0.5) is 0 Å². The van der Waals surface area contributed by atoms with Crippen molar-refractivity contribution in [3.63, 3.8) is 0 Å². The second-order valence-electron chi connectivity index (χ2n) is 6.13. The van der Waals surface area contributed by atoms with E-state index >= 15 is 0 Å². The Balaban J connectivity index is 1.58. The Kier molecular flexibility index (Phi) is 5.99. The van der Waals surface area contributed by atoms with Crippen LogP contribution in [0.2, 0.25) is 0 Å². The normalized spacial score (nSPS) is 11.6. The lowest BCUT2D eigenvalue weighted by Crippen LogP contribution is -2.38. The van der Waals surface area contributed by atoms with Gasteiger partial charge in [0.15, 0.2) is 0 Å². The fourth-order valence-corrected chi connectivity index (χ4v) is 2.74. The van der Waals surface area contributed by atoms with Gasteiger partial charge in [0.25, 0.3) is 5.91 Å². The van der Waals surface area contributed by atoms with Crippen molar-refractivity contribution in [3.05, 3.63) is 78.2 Å². The van der Waals surface area contributed by atoms with Crippen LogP contribution in [0, 0.1) is 0 Å². The Morgan fingerprint density at radius 1 is 1.04 bits per heavy atom. The van der Waals surface area contributed by atoms with Gasteiger partial charge in [0.05, 0.1) is 24.5 Å². The highest BCUT2D eigenvalue weighted by molar-refractivity contribution is 5.96. The lowest BCUT2D eigenvalue weighted by Gasteiger charge is -2.15. The first-order valence-corrected chi connectivity index (χ1v) is 8.90. The van der Waals surface area contributed by atoms with E-state index in [2.05, 4.69) is 20.6 Å². The molecule has 0 radical (unpaired) electrons. The number of hydrogen-bond acceptors (Lipinski definition) is 3. The molecule has 3 aromatic rings. The van der Waals surface area contributed by atoms with Gasteiger partial charge in [-0.25, -0.2) is 4.98 Å². The summed E-state index contributed by atoms with van der Waals surface area (Å²) in [6.45, 7) is 1.88. The number of carbonyl (C=O) groups is 2. The lowest BCUT2D eigenvalue weighted by molar-refractivity contribution is -0.121. The van der Waals surface area contributed by atoms with Crippen LogP contribution in [-0.2, 0) is 4.79 Å². The molecular weight excluding hydrogens is 340 g/mol. The van der Waals surface area contributed by atoms with Crippen molar-refractivity contribution in [1.82, 2.24) is 20.6 Å². The lowest BCUT2D eigenvalue weighted by atomic mass is 10.2. The van der Waals surface area contributed by atoms with Gasteiger partial charge in [-0.15, -0.1) is 0 Å². The zero-order valence-electron chi connectivity index (χ0n) is 15.1. The van der Waals surface area contributed by atoms with Crippen LogP contribution in [0.15, 0.2) is 66.9 Å². The van der Waals surface area contributed by atoms with Gasteiger partial charge < -0.3 is 15.6 Å². The van der Waals surface area contributed by atoms with E-state index in [0.717, 1.165) is 11.3 Å². The Morgan fingerprint density at radius 2 is 1.70 bits per heavy atom. The quantitative estimate of drug-likeness (QED) is 0.604. The number of H-pyrrole nitrogens is 1. The predicted molar refractivity (Wildman–Crippen MR) is 104 cm³/mol. The van der Waals surface area contributed by atoms with Crippen molar-refractivity contribution in [2.75, 3.05) is 6.54 Å². The molecule has 0 saturated heterocycles. The summed E-state index contributed by atoms with van der Waals surface area (Å²) in [5.74, 6) is 0.158. The Morgan fingerprint density at radius 3 is 2.37 bits per heavy atom. The van der Waals surface area contributed by atoms with Gasteiger partial charge >= 0.3 is 0 Å². The number of aromatic amines is 1. The minimum Gasteiger partial charge on any atom is -0.345 e. The van der Waals surface area contributed by atoms with Crippen molar-refractivity contribution in [2.24, 2.45) is 0 Å². The zero-order chi connectivity index (χ0) is 19.1. The molecule has 138 valence electrons. The highest BCUT2D eigenvalue weighted by Crippen LogP contribution is 2.20. The van der Waals surface area contributed by atoms with E-state index in [0.29, 0.717) is 17.8 Å². The monoisotopic (exact) mass is 362 g/mol. The van der Waals surface area contributed by atoms with Crippen LogP contribution in [0.5, 0.6) is 0 Å². The summed E-state index contributed by atoms with van der Waals surface area (Å²) < 4.78 is 0. The molecule has 0 fully saturated rings. The van der Waals surface area contributed by atoms with Crippen molar-refractivity contribution >= 4 is 11.8 Å². The first kappa shape index (κ1) is 18.4. The molecule has 3 N–H and O–H groups in total. The molecule has 6 heteroatoms. The van der Waals surface area contributed by atoms with Gasteiger partial charge in [-0.1, -0.05) is 55.5 Å². The molecule has 0 spiro atoms. The number of amides is 2. The number of rotatable bonds is 7. The van der Waals surface area contributed by atoms with E-state index in [1.165, 1.54) is 0 Å². The summed E-state index contributed by atoms with van der Waals surface area (Å²) in [5, 5.41) is 5.54. The largest absolute Gasteiger partial charge is 0.345 e. The van der Waals surface area contributed by atoms with Crippen LogP contribution >= 0.6 is 0 Å². The summed E-state index contributed by atoms with van der Waals surface area (Å²) >= 11 is 0. The number of nitrogens with one attached hydrogen (secondary N) is 3. The fourth-order valence-electron chi connectivity index (χ4n) is 2.74. The molecule has 0 unspecified atom stereocenters. The minimum absolute atomic E-state index is 0.0868. The summed E-state index contributed by atoms with van der Waals surface area (Å²) in [6.07, 6.45) is 2.44. The average Bonchev–Trinajstić information content (AvgIpc) is 3.21. The molecule has 0 aliphatic rings. The van der Waals surface area contributed by atoms with Crippen LogP contribution in [-0.4, -0.2) is 28.3 Å². The number of nitrogens with zero attached hydrogens (tertiary/aromatic N) is 1. The van der Waals surface area contributed by atoms with Crippen LogP contribution in [0.3, 0.4) is 0 Å². The maximum absolute atomic E-state index is 12.2. The van der Waals surface area contributed by atoms with Crippen LogP contribution in [0.25, 0.3) is 11.3 Å². The van der Waals surface area contributed by atoms with E-state index in [9.17, 15) is 9.59 Å². The molecule has 1 aromatic heterocycles. The minimum atomic E-state index is -0.275. The Bertz CT molecular complexity index is 891. The second-order valence-corrected chi connectivity index (χ2v) is 6.13. The number of carbonyl (C=O) groups excluding carboxylic acids is 2. The molecule has 0 aliphatic heterocycles. The number of aromatic nitrogens is 2. The third kappa shape index (κ3) is 4.82. The number of benzene rings is 2. The van der Waals surface area contributed by atoms with E-state index < -0.39 is 0 Å². The Labute approximate surface area is 158 Å². The summed E-state index contributed by atoms with van der Waals surface area (Å²) in [4.78, 5) is 31.9. The third-order valence-corrected chi connectivity index (χ3v) is 4.20. The maximum Gasteiger partial charge on any atom is 0.251 e. The topological polar surface area (TPSA) is 86.9 Å². The highest BCUT2D eigenvalue weighted by atomic mass is 16.2. The van der Waals surface area contributed by atoms with Crippen molar-refractivity contribution < 1.29 is 9.59 Å². The molecule has 2 aromatic carbocycles. The van der Waals surface area contributed by atoms with E-state index in [1.54, 1.807) is 30.5 Å². The zero-order valence-corrected chi connectivity index (χ0v) is 15.1. The van der Waals surface area contributed by atoms with Gasteiger partial charge in [0, 0.05) is 5.56 Å². The molecule has 27 heavy (non-hydrogen) atoms. The molecule has 0 bridgehead atoms. The van der Waals surface area contributed by atoms with E-state index in [-0.39, 0.29) is 24.4 Å². The van der Waals surface area contributed by atoms with Crippen molar-refractivity contribution in [1.29, 1.82) is 0 Å². The van der Waals surface area contributed by atoms with E-state index in [1.807, 2.05) is 43.3 Å². The number of hydrogen-bond donors (Lipinski definition) is 3. The van der Waals surface area contributed by atoms with Gasteiger partial charge in [-0.05, 0) is 24.1 Å². The molecule has 1 heterocycles. The molecule has 1 atom stereocenters. The van der Waals surface area contributed by atoms with Gasteiger partial charge in [-0.2, -0.15) is 0 Å². The van der Waals surface area contributed by atoms with Crippen molar-refractivity contribution in [2.45, 2.75) is 19.4 Å². The maximum atomic E-state index is 12.2. The molecule has 0 saturated carbocycles. The van der Waals surface area contributed by atoms with Gasteiger partial charge in [0.2, 0.25) is 5.91 Å². The smallest absolute Gasteiger partial charge is 0.251 e. The highest BCUT2D eigenvalue weighted by Gasteiger charge is 2.17. The summed E-state index contributed by atoms with van der Waals surface area (Å²) in [6, 6.07) is 18.4. The van der Waals surface area contributed by atoms with Crippen LogP contribution < -0.4 is 10.6 Å². The average molecular weight is 362 g/mol. The fraction of sp³-hybridized carbons (Fsp3) is 0.190. The molecule has 3 rings (SSSR count). The standard InChI is InChI=1S/C21H22N4O2/c1-2-17(20-22-13-18(25-20)15-9-5-3-6-10-15)24-19(26)14-23-21(27)16-11-7-4-8-12-16/h3-13,17H,2,14H2,1H3,(H,22,25)(H,23,27)(H,24,26)/t17-/m1/s1. The second kappa shape index (κ2) is 8.80. The SMILES string of the molecule is CC[C@@H](NC(=O)CNC(=O)c1ccccc1)c1ncc(-c2ccccc2)[nH]1. The molecular formula is C21H22N4O2. The Hall–Kier alpha value is -3.41. The molecule has 0 aliphatic carbocycles. The first-order chi connectivity index (χ1) is 13.2. The molecule has 6 nitrogen and oxygen atoms in total. The van der Waals surface area contributed by atoms with Crippen LogP contribution in [0.1, 0.15) is 35.6 Å². The predicted octanol–water partition coefficient (Wildman–Crippen LogP) is 3.07. The first-order valence-electron chi connectivity index (χ1n) is 8.90. The van der Waals surface area contributed by atoms with Gasteiger partial charge in [0.1, 0.15) is 5.82 Å². The summed E-state index contributed by atoms with van der Waals surface area (Å²) in [5.41, 5.74) is 2.46.